The molecule has 0 bridgehead atoms. The van der Waals surface area contributed by atoms with Gasteiger partial charge in [0.2, 0.25) is 15.9 Å². The van der Waals surface area contributed by atoms with Crippen molar-refractivity contribution in [3.05, 3.63) is 52.5 Å². The lowest BCUT2D eigenvalue weighted by Gasteiger charge is -2.17. The number of carbonyl (C=O) groups excluding carboxylic acids is 1. The van der Waals surface area contributed by atoms with E-state index in [1.165, 1.54) is 4.31 Å². The SMILES string of the molecule is Cc1cc(N[C@H](C)C(=O)Nc2ccc(S(=O)(=O)N3CCCC3)cc2)ccc1Br. The maximum absolute atomic E-state index is 12.6. The fourth-order valence-corrected chi connectivity index (χ4v) is 4.85. The van der Waals surface area contributed by atoms with Crippen LogP contribution in [0.3, 0.4) is 0 Å². The summed E-state index contributed by atoms with van der Waals surface area (Å²) in [6.45, 7) is 4.90. The molecule has 0 saturated carbocycles. The molecular weight excluding hydrogens is 442 g/mol. The molecule has 150 valence electrons. The molecule has 1 atom stereocenters. The summed E-state index contributed by atoms with van der Waals surface area (Å²) in [4.78, 5) is 12.7. The first kappa shape index (κ1) is 20.8. The molecule has 2 aromatic rings. The van der Waals surface area contributed by atoms with Crippen LogP contribution in [0, 0.1) is 6.92 Å². The van der Waals surface area contributed by atoms with Crippen LogP contribution in [0.1, 0.15) is 25.3 Å². The lowest BCUT2D eigenvalue weighted by molar-refractivity contribution is -0.116. The Labute approximate surface area is 174 Å². The van der Waals surface area contributed by atoms with Crippen molar-refractivity contribution < 1.29 is 13.2 Å². The average molecular weight is 466 g/mol. The van der Waals surface area contributed by atoms with Gasteiger partial charge in [0.1, 0.15) is 6.04 Å². The summed E-state index contributed by atoms with van der Waals surface area (Å²) in [5.74, 6) is -0.198. The van der Waals surface area contributed by atoms with Gasteiger partial charge in [0.25, 0.3) is 0 Å². The normalized spacial score (nSPS) is 16.0. The molecule has 0 spiro atoms. The molecule has 2 N–H and O–H groups in total. The van der Waals surface area contributed by atoms with E-state index in [2.05, 4.69) is 26.6 Å². The minimum absolute atomic E-state index is 0.198. The predicted molar refractivity (Wildman–Crippen MR) is 115 cm³/mol. The van der Waals surface area contributed by atoms with Gasteiger partial charge in [-0.25, -0.2) is 8.42 Å². The van der Waals surface area contributed by atoms with E-state index in [0.29, 0.717) is 18.8 Å². The molecule has 0 radical (unpaired) electrons. The van der Waals surface area contributed by atoms with Gasteiger partial charge >= 0.3 is 0 Å². The zero-order valence-corrected chi connectivity index (χ0v) is 18.3. The zero-order valence-electron chi connectivity index (χ0n) is 15.9. The molecule has 8 heteroatoms. The second-order valence-corrected chi connectivity index (χ2v) is 9.75. The molecule has 1 heterocycles. The maximum Gasteiger partial charge on any atom is 0.246 e. The fourth-order valence-electron chi connectivity index (χ4n) is 3.09. The van der Waals surface area contributed by atoms with Crippen molar-refractivity contribution in [1.82, 2.24) is 4.31 Å². The monoisotopic (exact) mass is 465 g/mol. The third kappa shape index (κ3) is 4.74. The third-order valence-corrected chi connectivity index (χ3v) is 7.56. The molecule has 3 rings (SSSR count). The van der Waals surface area contributed by atoms with Crippen LogP contribution in [-0.4, -0.2) is 37.8 Å². The number of anilines is 2. The average Bonchev–Trinajstić information content (AvgIpc) is 3.21. The van der Waals surface area contributed by atoms with Gasteiger partial charge in [-0.05, 0) is 74.7 Å². The maximum atomic E-state index is 12.6. The second kappa shape index (κ2) is 8.63. The molecular formula is C20H24BrN3O3S. The number of hydrogen-bond donors (Lipinski definition) is 2. The van der Waals surface area contributed by atoms with Gasteiger partial charge in [0, 0.05) is 28.9 Å². The Morgan fingerprint density at radius 1 is 1.07 bits per heavy atom. The molecule has 0 aliphatic carbocycles. The summed E-state index contributed by atoms with van der Waals surface area (Å²) in [5, 5.41) is 5.98. The number of benzene rings is 2. The van der Waals surface area contributed by atoms with E-state index in [1.807, 2.05) is 25.1 Å². The lowest BCUT2D eigenvalue weighted by Crippen LogP contribution is -2.32. The minimum atomic E-state index is -3.44. The Hall–Kier alpha value is -1.90. The van der Waals surface area contributed by atoms with Crippen molar-refractivity contribution in [2.24, 2.45) is 0 Å². The number of nitrogens with zero attached hydrogens (tertiary/aromatic N) is 1. The van der Waals surface area contributed by atoms with Crippen LogP contribution in [0.15, 0.2) is 51.8 Å². The highest BCUT2D eigenvalue weighted by Gasteiger charge is 2.27. The number of amides is 1. The molecule has 28 heavy (non-hydrogen) atoms. The molecule has 1 fully saturated rings. The number of rotatable bonds is 6. The highest BCUT2D eigenvalue weighted by molar-refractivity contribution is 9.10. The number of hydrogen-bond acceptors (Lipinski definition) is 4. The summed E-state index contributed by atoms with van der Waals surface area (Å²) in [6, 6.07) is 11.7. The van der Waals surface area contributed by atoms with Gasteiger partial charge < -0.3 is 10.6 Å². The number of carbonyl (C=O) groups is 1. The quantitative estimate of drug-likeness (QED) is 0.675. The number of nitrogens with one attached hydrogen (secondary N) is 2. The molecule has 0 aromatic heterocycles. The first-order valence-corrected chi connectivity index (χ1v) is 11.4. The van der Waals surface area contributed by atoms with E-state index in [1.54, 1.807) is 31.2 Å². The van der Waals surface area contributed by atoms with Crippen LogP contribution in [0.2, 0.25) is 0 Å². The van der Waals surface area contributed by atoms with Crippen molar-refractivity contribution in [3.63, 3.8) is 0 Å². The standard InChI is InChI=1S/C20H24BrN3O3S/c1-14-13-17(7-10-19(14)21)22-15(2)20(25)23-16-5-8-18(9-6-16)28(26,27)24-11-3-4-12-24/h5-10,13,15,22H,3-4,11-12H2,1-2H3,(H,23,25)/t15-/m1/s1. The van der Waals surface area contributed by atoms with Crippen molar-refractivity contribution in [2.45, 2.75) is 37.6 Å². The van der Waals surface area contributed by atoms with Gasteiger partial charge in [0.15, 0.2) is 0 Å². The molecule has 6 nitrogen and oxygen atoms in total. The summed E-state index contributed by atoms with van der Waals surface area (Å²) < 4.78 is 27.6. The van der Waals surface area contributed by atoms with Crippen molar-refractivity contribution >= 4 is 43.2 Å². The highest BCUT2D eigenvalue weighted by atomic mass is 79.9. The number of halogens is 1. The van der Waals surface area contributed by atoms with Crippen molar-refractivity contribution in [2.75, 3.05) is 23.7 Å². The van der Waals surface area contributed by atoms with Crippen LogP contribution < -0.4 is 10.6 Å². The smallest absolute Gasteiger partial charge is 0.246 e. The summed E-state index contributed by atoms with van der Waals surface area (Å²) in [6.07, 6.45) is 1.80. The minimum Gasteiger partial charge on any atom is -0.374 e. The van der Waals surface area contributed by atoms with E-state index >= 15 is 0 Å². The Bertz CT molecular complexity index is 955. The summed E-state index contributed by atoms with van der Waals surface area (Å²) in [7, 11) is -3.44. The molecule has 1 aliphatic heterocycles. The fraction of sp³-hybridized carbons (Fsp3) is 0.350. The summed E-state index contributed by atoms with van der Waals surface area (Å²) in [5.41, 5.74) is 2.49. The molecule has 1 aliphatic rings. The Morgan fingerprint density at radius 3 is 2.29 bits per heavy atom. The first-order valence-electron chi connectivity index (χ1n) is 9.21. The van der Waals surface area contributed by atoms with Crippen LogP contribution in [0.5, 0.6) is 0 Å². The zero-order chi connectivity index (χ0) is 20.3. The van der Waals surface area contributed by atoms with E-state index < -0.39 is 16.1 Å². The van der Waals surface area contributed by atoms with Crippen LogP contribution in [-0.2, 0) is 14.8 Å². The van der Waals surface area contributed by atoms with Crippen molar-refractivity contribution in [1.29, 1.82) is 0 Å². The van der Waals surface area contributed by atoms with Crippen LogP contribution in [0.4, 0.5) is 11.4 Å². The third-order valence-electron chi connectivity index (χ3n) is 4.76. The molecule has 0 unspecified atom stereocenters. The number of sulfonamides is 1. The lowest BCUT2D eigenvalue weighted by atomic mass is 10.2. The van der Waals surface area contributed by atoms with Crippen LogP contribution >= 0.6 is 15.9 Å². The van der Waals surface area contributed by atoms with E-state index in [9.17, 15) is 13.2 Å². The second-order valence-electron chi connectivity index (χ2n) is 6.95. The van der Waals surface area contributed by atoms with E-state index in [4.69, 9.17) is 0 Å². The van der Waals surface area contributed by atoms with E-state index in [0.717, 1.165) is 28.6 Å². The van der Waals surface area contributed by atoms with Crippen molar-refractivity contribution in [3.8, 4) is 0 Å². The Kier molecular flexibility index (Phi) is 6.42. The summed E-state index contributed by atoms with van der Waals surface area (Å²) >= 11 is 3.46. The van der Waals surface area contributed by atoms with Gasteiger partial charge in [-0.2, -0.15) is 4.31 Å². The first-order chi connectivity index (χ1) is 13.3. The molecule has 2 aromatic carbocycles. The van der Waals surface area contributed by atoms with Crippen LogP contribution in [0.25, 0.3) is 0 Å². The Balaban J connectivity index is 1.62. The molecule has 1 saturated heterocycles. The van der Waals surface area contributed by atoms with Gasteiger partial charge in [0.05, 0.1) is 4.90 Å². The Morgan fingerprint density at radius 2 is 1.68 bits per heavy atom. The predicted octanol–water partition coefficient (Wildman–Crippen LogP) is 3.98. The topological polar surface area (TPSA) is 78.5 Å². The van der Waals surface area contributed by atoms with E-state index in [-0.39, 0.29) is 10.8 Å². The highest BCUT2D eigenvalue weighted by Crippen LogP contribution is 2.23. The van der Waals surface area contributed by atoms with Gasteiger partial charge in [-0.3, -0.25) is 4.79 Å². The largest absolute Gasteiger partial charge is 0.374 e. The molecule has 1 amide bonds. The van der Waals surface area contributed by atoms with Gasteiger partial charge in [-0.15, -0.1) is 0 Å². The van der Waals surface area contributed by atoms with Gasteiger partial charge in [-0.1, -0.05) is 15.9 Å². The number of aryl methyl sites for hydroxylation is 1.